The van der Waals surface area contributed by atoms with E-state index >= 15 is 0 Å². The number of rotatable bonds is 2. The molecule has 1 unspecified atom stereocenters. The predicted molar refractivity (Wildman–Crippen MR) is 60.5 cm³/mol. The van der Waals surface area contributed by atoms with E-state index in [1.165, 1.54) is 45.3 Å². The van der Waals surface area contributed by atoms with Crippen molar-refractivity contribution in [3.05, 3.63) is 0 Å². The first kappa shape index (κ1) is 10.4. The molecule has 1 saturated heterocycles. The Hall–Kier alpha value is -0.0800. The van der Waals surface area contributed by atoms with E-state index in [2.05, 4.69) is 24.1 Å². The summed E-state index contributed by atoms with van der Waals surface area (Å²) in [7, 11) is 0. The average molecular weight is 196 g/mol. The highest BCUT2D eigenvalue weighted by Crippen LogP contribution is 2.31. The molecule has 1 saturated carbocycles. The molecule has 1 aliphatic heterocycles. The number of nitrogens with zero attached hydrogens (tertiary/aromatic N) is 1. The van der Waals surface area contributed by atoms with Crippen molar-refractivity contribution >= 4 is 0 Å². The summed E-state index contributed by atoms with van der Waals surface area (Å²) in [5.74, 6) is 0.984. The third-order valence-electron chi connectivity index (χ3n) is 3.95. The van der Waals surface area contributed by atoms with E-state index in [1.807, 2.05) is 0 Å². The Labute approximate surface area is 88.1 Å². The third-order valence-corrected chi connectivity index (χ3v) is 3.95. The fourth-order valence-electron chi connectivity index (χ4n) is 2.82. The first-order valence-corrected chi connectivity index (χ1v) is 6.27. The van der Waals surface area contributed by atoms with Crippen molar-refractivity contribution in [1.82, 2.24) is 10.2 Å². The normalized spacial score (nSPS) is 40.3. The summed E-state index contributed by atoms with van der Waals surface area (Å²) in [6.07, 6.45) is 5.52. The molecule has 82 valence electrons. The summed E-state index contributed by atoms with van der Waals surface area (Å²) in [5.41, 5.74) is 0. The first-order chi connectivity index (χ1) is 6.79. The molecule has 2 fully saturated rings. The van der Waals surface area contributed by atoms with Gasteiger partial charge in [-0.25, -0.2) is 0 Å². The fourth-order valence-corrected chi connectivity index (χ4v) is 2.82. The first-order valence-electron chi connectivity index (χ1n) is 6.27. The molecule has 1 atom stereocenters. The topological polar surface area (TPSA) is 15.3 Å². The molecule has 0 radical (unpaired) electrons. The van der Waals surface area contributed by atoms with Crippen LogP contribution in [0, 0.1) is 5.92 Å². The van der Waals surface area contributed by atoms with Crippen molar-refractivity contribution in [2.24, 2.45) is 5.92 Å². The van der Waals surface area contributed by atoms with Gasteiger partial charge in [0.2, 0.25) is 0 Å². The van der Waals surface area contributed by atoms with Gasteiger partial charge in [0.15, 0.2) is 0 Å². The maximum Gasteiger partial charge on any atom is 0.0110 e. The zero-order chi connectivity index (χ0) is 9.97. The van der Waals surface area contributed by atoms with E-state index in [0.717, 1.165) is 18.0 Å². The molecule has 2 heteroatoms. The summed E-state index contributed by atoms with van der Waals surface area (Å²) in [5, 5.41) is 3.63. The molecule has 0 aromatic carbocycles. The fraction of sp³-hybridized carbons (Fsp3) is 1.00. The van der Waals surface area contributed by atoms with E-state index in [0.29, 0.717) is 0 Å². The average Bonchev–Trinajstić information content (AvgIpc) is 2.37. The van der Waals surface area contributed by atoms with E-state index < -0.39 is 0 Å². The van der Waals surface area contributed by atoms with Gasteiger partial charge in [-0.1, -0.05) is 13.8 Å². The minimum atomic E-state index is 0.775. The van der Waals surface area contributed by atoms with Gasteiger partial charge >= 0.3 is 0 Å². The van der Waals surface area contributed by atoms with Crippen LogP contribution < -0.4 is 5.32 Å². The largest absolute Gasteiger partial charge is 0.313 e. The molecular formula is C12H24N2. The summed E-state index contributed by atoms with van der Waals surface area (Å²) >= 11 is 0. The van der Waals surface area contributed by atoms with E-state index in [1.54, 1.807) is 0 Å². The molecule has 2 rings (SSSR count). The Morgan fingerprint density at radius 1 is 1.29 bits per heavy atom. The molecular weight excluding hydrogens is 172 g/mol. The highest BCUT2D eigenvalue weighted by Gasteiger charge is 2.31. The number of nitrogens with one attached hydrogen (secondary N) is 1. The van der Waals surface area contributed by atoms with Crippen LogP contribution in [-0.2, 0) is 0 Å². The van der Waals surface area contributed by atoms with Crippen LogP contribution in [0.5, 0.6) is 0 Å². The summed E-state index contributed by atoms with van der Waals surface area (Å²) in [6, 6.07) is 1.69. The molecule has 0 amide bonds. The molecule has 0 bridgehead atoms. The summed E-state index contributed by atoms with van der Waals surface area (Å²) in [6.45, 7) is 8.46. The Morgan fingerprint density at radius 3 is 2.71 bits per heavy atom. The SMILES string of the molecule is CCC1CCN(C2CC(C)C2)CCN1. The maximum absolute atomic E-state index is 3.63. The molecule has 1 heterocycles. The highest BCUT2D eigenvalue weighted by molar-refractivity contribution is 4.87. The lowest BCUT2D eigenvalue weighted by molar-refractivity contribution is 0.0918. The molecule has 2 aliphatic rings. The minimum absolute atomic E-state index is 0.775. The minimum Gasteiger partial charge on any atom is -0.313 e. The lowest BCUT2D eigenvalue weighted by Gasteiger charge is -2.41. The quantitative estimate of drug-likeness (QED) is 0.725. The molecule has 1 N–H and O–H groups in total. The van der Waals surface area contributed by atoms with E-state index in [-0.39, 0.29) is 0 Å². The van der Waals surface area contributed by atoms with Crippen LogP contribution in [0.4, 0.5) is 0 Å². The van der Waals surface area contributed by atoms with Crippen LogP contribution in [0.15, 0.2) is 0 Å². The Balaban J connectivity index is 1.78. The monoisotopic (exact) mass is 196 g/mol. The van der Waals surface area contributed by atoms with Gasteiger partial charge in [-0.05, 0) is 38.1 Å². The zero-order valence-corrected chi connectivity index (χ0v) is 9.63. The van der Waals surface area contributed by atoms with Crippen LogP contribution in [0.3, 0.4) is 0 Å². The van der Waals surface area contributed by atoms with Gasteiger partial charge in [-0.15, -0.1) is 0 Å². The van der Waals surface area contributed by atoms with Gasteiger partial charge in [0.1, 0.15) is 0 Å². The van der Waals surface area contributed by atoms with Gasteiger partial charge in [0.05, 0.1) is 0 Å². The number of hydrogen-bond acceptors (Lipinski definition) is 2. The lowest BCUT2D eigenvalue weighted by atomic mass is 9.80. The van der Waals surface area contributed by atoms with Crippen LogP contribution in [0.1, 0.15) is 39.5 Å². The van der Waals surface area contributed by atoms with E-state index in [9.17, 15) is 0 Å². The highest BCUT2D eigenvalue weighted by atomic mass is 15.2. The Morgan fingerprint density at radius 2 is 2.07 bits per heavy atom. The van der Waals surface area contributed by atoms with Crippen molar-refractivity contribution in [3.63, 3.8) is 0 Å². The third kappa shape index (κ3) is 2.29. The van der Waals surface area contributed by atoms with Crippen molar-refractivity contribution in [2.75, 3.05) is 19.6 Å². The van der Waals surface area contributed by atoms with Crippen molar-refractivity contribution in [1.29, 1.82) is 0 Å². The molecule has 2 nitrogen and oxygen atoms in total. The standard InChI is InChI=1S/C12H24N2/c1-3-11-4-6-14(7-5-13-11)12-8-10(2)9-12/h10-13H,3-9H2,1-2H3. The van der Waals surface area contributed by atoms with E-state index in [4.69, 9.17) is 0 Å². The summed E-state index contributed by atoms with van der Waals surface area (Å²) < 4.78 is 0. The van der Waals surface area contributed by atoms with Crippen molar-refractivity contribution in [2.45, 2.75) is 51.6 Å². The van der Waals surface area contributed by atoms with Gasteiger partial charge in [-0.2, -0.15) is 0 Å². The van der Waals surface area contributed by atoms with Crippen LogP contribution in [0.2, 0.25) is 0 Å². The molecule has 0 spiro atoms. The molecule has 14 heavy (non-hydrogen) atoms. The van der Waals surface area contributed by atoms with Gasteiger partial charge < -0.3 is 5.32 Å². The second-order valence-corrected chi connectivity index (χ2v) is 5.11. The van der Waals surface area contributed by atoms with Gasteiger partial charge in [0.25, 0.3) is 0 Å². The molecule has 0 aromatic rings. The van der Waals surface area contributed by atoms with Crippen LogP contribution in [-0.4, -0.2) is 36.6 Å². The lowest BCUT2D eigenvalue weighted by Crippen LogP contribution is -2.45. The number of hydrogen-bond donors (Lipinski definition) is 1. The van der Waals surface area contributed by atoms with Crippen molar-refractivity contribution in [3.8, 4) is 0 Å². The molecule has 1 aliphatic carbocycles. The van der Waals surface area contributed by atoms with Crippen LogP contribution >= 0.6 is 0 Å². The second-order valence-electron chi connectivity index (χ2n) is 5.11. The maximum atomic E-state index is 3.63. The predicted octanol–water partition coefficient (Wildman–Crippen LogP) is 1.86. The van der Waals surface area contributed by atoms with Crippen molar-refractivity contribution < 1.29 is 0 Å². The zero-order valence-electron chi connectivity index (χ0n) is 9.63. The Bertz CT molecular complexity index is 175. The van der Waals surface area contributed by atoms with Gasteiger partial charge in [0, 0.05) is 25.2 Å². The summed E-state index contributed by atoms with van der Waals surface area (Å²) in [4.78, 5) is 2.71. The second kappa shape index (κ2) is 4.63. The molecule has 0 aromatic heterocycles. The smallest absolute Gasteiger partial charge is 0.0110 e. The van der Waals surface area contributed by atoms with Crippen LogP contribution in [0.25, 0.3) is 0 Å². The van der Waals surface area contributed by atoms with Gasteiger partial charge in [-0.3, -0.25) is 4.90 Å². The Kier molecular flexibility index (Phi) is 3.45.